The van der Waals surface area contributed by atoms with Crippen LogP contribution in [0.5, 0.6) is 5.75 Å². The fourth-order valence-electron chi connectivity index (χ4n) is 4.33. The summed E-state index contributed by atoms with van der Waals surface area (Å²) in [5, 5.41) is 12.8. The van der Waals surface area contributed by atoms with Crippen LogP contribution >= 0.6 is 11.9 Å². The van der Waals surface area contributed by atoms with Crippen LogP contribution in [0, 0.1) is 11.8 Å². The van der Waals surface area contributed by atoms with Gasteiger partial charge in [-0.3, -0.25) is 9.93 Å². The van der Waals surface area contributed by atoms with Crippen LogP contribution < -0.4 is 20.5 Å². The number of ketones is 1. The SMILES string of the molecule is COc1cc(SN)ccc1NCC#Cc1cc2c(NC3CCC(=O)CC3)cccc2n1CC(F)(F)F. The molecule has 4 rings (SSSR count). The highest BCUT2D eigenvalue weighted by Gasteiger charge is 2.30. The van der Waals surface area contributed by atoms with Crippen molar-refractivity contribution in [3.63, 3.8) is 0 Å². The number of benzene rings is 2. The molecule has 1 heterocycles. The van der Waals surface area contributed by atoms with E-state index in [4.69, 9.17) is 9.88 Å². The molecule has 0 bridgehead atoms. The van der Waals surface area contributed by atoms with Crippen LogP contribution in [0.3, 0.4) is 0 Å². The van der Waals surface area contributed by atoms with Crippen molar-refractivity contribution in [1.29, 1.82) is 0 Å². The number of hydrogen-bond acceptors (Lipinski definition) is 6. The molecule has 6 nitrogen and oxygen atoms in total. The van der Waals surface area contributed by atoms with E-state index in [1.165, 1.54) is 4.57 Å². The number of hydrogen-bond donors (Lipinski definition) is 3. The highest BCUT2D eigenvalue weighted by molar-refractivity contribution is 7.97. The Labute approximate surface area is 211 Å². The van der Waals surface area contributed by atoms with Crippen molar-refractivity contribution < 1.29 is 22.7 Å². The van der Waals surface area contributed by atoms with Crippen LogP contribution in [0.15, 0.2) is 47.4 Å². The molecule has 2 aromatic carbocycles. The van der Waals surface area contributed by atoms with Crippen molar-refractivity contribution in [2.45, 2.75) is 49.3 Å². The number of nitrogens with one attached hydrogen (secondary N) is 2. The highest BCUT2D eigenvalue weighted by atomic mass is 32.2. The molecule has 1 aliphatic carbocycles. The average Bonchev–Trinajstić information content (AvgIpc) is 3.20. The molecule has 1 saturated carbocycles. The van der Waals surface area contributed by atoms with E-state index in [-0.39, 0.29) is 24.1 Å². The van der Waals surface area contributed by atoms with Crippen LogP contribution in [-0.4, -0.2) is 36.2 Å². The molecular formula is C26H27F3N4O2S. The van der Waals surface area contributed by atoms with Crippen molar-refractivity contribution in [3.05, 3.63) is 48.2 Å². The van der Waals surface area contributed by atoms with Crippen LogP contribution in [0.2, 0.25) is 0 Å². The van der Waals surface area contributed by atoms with Gasteiger partial charge in [0.15, 0.2) is 0 Å². The van der Waals surface area contributed by atoms with E-state index in [2.05, 4.69) is 22.5 Å². The maximum absolute atomic E-state index is 13.4. The van der Waals surface area contributed by atoms with Gasteiger partial charge in [0.05, 0.1) is 30.6 Å². The van der Waals surface area contributed by atoms with Crippen molar-refractivity contribution in [3.8, 4) is 17.6 Å². The Morgan fingerprint density at radius 2 is 1.94 bits per heavy atom. The van der Waals surface area contributed by atoms with Crippen molar-refractivity contribution >= 4 is 40.0 Å². The molecule has 0 radical (unpaired) electrons. The minimum Gasteiger partial charge on any atom is -0.495 e. The summed E-state index contributed by atoms with van der Waals surface area (Å²) in [6.45, 7) is -0.929. The summed E-state index contributed by atoms with van der Waals surface area (Å²) in [5.74, 6) is 6.68. The van der Waals surface area contributed by atoms with E-state index in [0.717, 1.165) is 22.5 Å². The second kappa shape index (κ2) is 11.2. The number of carbonyl (C=O) groups is 1. The van der Waals surface area contributed by atoms with Gasteiger partial charge in [0.25, 0.3) is 0 Å². The third kappa shape index (κ3) is 6.28. The smallest absolute Gasteiger partial charge is 0.406 e. The normalized spacial score (nSPS) is 14.4. The number of anilines is 2. The van der Waals surface area contributed by atoms with E-state index in [1.54, 1.807) is 31.4 Å². The second-order valence-corrected chi connectivity index (χ2v) is 9.27. The Balaban J connectivity index is 1.59. The van der Waals surface area contributed by atoms with Gasteiger partial charge in [-0.05, 0) is 67.1 Å². The van der Waals surface area contributed by atoms with Crippen LogP contribution in [0.25, 0.3) is 10.9 Å². The fourth-order valence-corrected chi connectivity index (χ4v) is 4.65. The standard InChI is InChI=1S/C26H27F3N4O2S/c1-35-25-15-20(36-30)11-12-23(25)31-13-3-4-18-14-21-22(32-17-7-9-19(34)10-8-17)5-2-6-24(21)33(18)16-26(27,28)29/h2,5-6,11-12,14-15,17,31-32H,7-10,13,16,30H2,1H3. The monoisotopic (exact) mass is 516 g/mol. The molecule has 0 aliphatic heterocycles. The lowest BCUT2D eigenvalue weighted by atomic mass is 9.94. The summed E-state index contributed by atoms with van der Waals surface area (Å²) < 4.78 is 46.9. The Bertz CT molecular complexity index is 1300. The van der Waals surface area contributed by atoms with E-state index in [1.807, 2.05) is 18.2 Å². The molecule has 0 unspecified atom stereocenters. The van der Waals surface area contributed by atoms with Gasteiger partial charge in [0.2, 0.25) is 0 Å². The van der Waals surface area contributed by atoms with E-state index < -0.39 is 12.7 Å². The topological polar surface area (TPSA) is 81.3 Å². The Morgan fingerprint density at radius 1 is 1.17 bits per heavy atom. The van der Waals surface area contributed by atoms with Crippen LogP contribution in [0.4, 0.5) is 24.5 Å². The number of Topliss-reactive ketones (excluding diaryl/α,β-unsaturated/α-hetero) is 1. The summed E-state index contributed by atoms with van der Waals surface area (Å²) in [6, 6.07) is 12.5. The molecule has 1 aliphatic rings. The summed E-state index contributed by atoms with van der Waals surface area (Å²) >= 11 is 1.10. The molecule has 0 spiro atoms. The van der Waals surface area contributed by atoms with E-state index in [9.17, 15) is 18.0 Å². The van der Waals surface area contributed by atoms with Crippen LogP contribution in [-0.2, 0) is 11.3 Å². The van der Waals surface area contributed by atoms with Gasteiger partial charge in [-0.15, -0.1) is 0 Å². The van der Waals surface area contributed by atoms with Crippen molar-refractivity contribution in [2.24, 2.45) is 5.14 Å². The highest BCUT2D eigenvalue weighted by Crippen LogP contribution is 2.32. The Morgan fingerprint density at radius 3 is 2.64 bits per heavy atom. The Kier molecular flexibility index (Phi) is 8.01. The van der Waals surface area contributed by atoms with Gasteiger partial charge in [0.1, 0.15) is 18.1 Å². The number of rotatable bonds is 7. The number of nitrogens with zero attached hydrogens (tertiary/aromatic N) is 1. The first-order chi connectivity index (χ1) is 17.3. The third-order valence-electron chi connectivity index (χ3n) is 6.08. The first-order valence-electron chi connectivity index (χ1n) is 11.5. The number of aromatic nitrogens is 1. The first-order valence-corrected chi connectivity index (χ1v) is 12.4. The number of alkyl halides is 3. The molecule has 3 aromatic rings. The number of halogens is 3. The number of fused-ring (bicyclic) bond motifs is 1. The lowest BCUT2D eigenvalue weighted by molar-refractivity contribution is -0.140. The van der Waals surface area contributed by atoms with E-state index in [0.29, 0.717) is 48.0 Å². The van der Waals surface area contributed by atoms with Gasteiger partial charge < -0.3 is 19.9 Å². The minimum absolute atomic E-state index is 0.108. The second-order valence-electron chi connectivity index (χ2n) is 8.56. The zero-order valence-corrected chi connectivity index (χ0v) is 20.6. The summed E-state index contributed by atoms with van der Waals surface area (Å²) in [6.07, 6.45) is -1.93. The molecule has 0 saturated heterocycles. The zero-order valence-electron chi connectivity index (χ0n) is 19.7. The van der Waals surface area contributed by atoms with Crippen molar-refractivity contribution in [2.75, 3.05) is 24.3 Å². The molecule has 36 heavy (non-hydrogen) atoms. The number of carbonyl (C=O) groups excluding carboxylic acids is 1. The molecule has 0 amide bonds. The molecule has 4 N–H and O–H groups in total. The van der Waals surface area contributed by atoms with Crippen LogP contribution in [0.1, 0.15) is 31.4 Å². The minimum atomic E-state index is -4.40. The quantitative estimate of drug-likeness (QED) is 0.282. The van der Waals surface area contributed by atoms with Crippen molar-refractivity contribution in [1.82, 2.24) is 4.57 Å². The number of methoxy groups -OCH3 is 1. The molecule has 10 heteroatoms. The predicted molar refractivity (Wildman–Crippen MR) is 137 cm³/mol. The summed E-state index contributed by atoms with van der Waals surface area (Å²) in [5.41, 5.74) is 2.19. The third-order valence-corrected chi connectivity index (χ3v) is 6.60. The zero-order chi connectivity index (χ0) is 25.7. The predicted octanol–water partition coefficient (Wildman–Crippen LogP) is 5.57. The maximum atomic E-state index is 13.4. The largest absolute Gasteiger partial charge is 0.495 e. The lowest BCUT2D eigenvalue weighted by Gasteiger charge is -2.23. The maximum Gasteiger partial charge on any atom is 0.406 e. The summed E-state index contributed by atoms with van der Waals surface area (Å²) in [4.78, 5) is 12.4. The average molecular weight is 517 g/mol. The molecule has 0 atom stereocenters. The van der Waals surface area contributed by atoms with Gasteiger partial charge in [-0.1, -0.05) is 12.0 Å². The van der Waals surface area contributed by atoms with E-state index >= 15 is 0 Å². The fraction of sp³-hybridized carbons (Fsp3) is 0.346. The van der Waals surface area contributed by atoms with Gasteiger partial charge in [-0.25, -0.2) is 0 Å². The first kappa shape index (κ1) is 25.8. The van der Waals surface area contributed by atoms with Gasteiger partial charge in [0, 0.05) is 34.9 Å². The summed E-state index contributed by atoms with van der Waals surface area (Å²) in [7, 11) is 1.55. The Hall–Kier alpha value is -3.29. The number of ether oxygens (including phenoxy) is 1. The molecule has 1 fully saturated rings. The lowest BCUT2D eigenvalue weighted by Crippen LogP contribution is -2.26. The molecule has 1 aromatic heterocycles. The molecular weight excluding hydrogens is 489 g/mol. The van der Waals surface area contributed by atoms with Gasteiger partial charge in [-0.2, -0.15) is 13.2 Å². The van der Waals surface area contributed by atoms with Gasteiger partial charge >= 0.3 is 6.18 Å². The number of nitrogens with two attached hydrogens (primary N) is 1. The molecule has 190 valence electrons.